The van der Waals surface area contributed by atoms with Crippen molar-refractivity contribution in [1.29, 1.82) is 5.26 Å². The van der Waals surface area contributed by atoms with E-state index in [1.165, 1.54) is 24.4 Å². The molecule has 2 N–H and O–H groups in total. The maximum absolute atomic E-state index is 13.6. The topological polar surface area (TPSA) is 77.8 Å². The number of nitrogens with zero attached hydrogens (tertiary/aromatic N) is 2. The van der Waals surface area contributed by atoms with Gasteiger partial charge in [0.1, 0.15) is 11.5 Å². The number of amides is 1. The van der Waals surface area contributed by atoms with Gasteiger partial charge in [-0.05, 0) is 30.3 Å². The van der Waals surface area contributed by atoms with Crippen molar-refractivity contribution < 1.29 is 9.18 Å². The predicted molar refractivity (Wildman–Crippen MR) is 72.9 cm³/mol. The van der Waals surface area contributed by atoms with Crippen LogP contribution >= 0.6 is 0 Å². The quantitative estimate of drug-likeness (QED) is 0.897. The van der Waals surface area contributed by atoms with Crippen LogP contribution in [0.1, 0.15) is 16.1 Å². The predicted octanol–water partition coefficient (Wildman–Crippen LogP) is 2.39. The maximum atomic E-state index is 13.6. The second-order valence-corrected chi connectivity index (χ2v) is 3.94. The Kier molecular flexibility index (Phi) is 3.91. The molecule has 0 saturated heterocycles. The summed E-state index contributed by atoms with van der Waals surface area (Å²) in [6, 6.07) is 8.87. The van der Waals surface area contributed by atoms with Crippen molar-refractivity contribution in [1.82, 2.24) is 4.98 Å². The Morgan fingerprint density at radius 3 is 2.70 bits per heavy atom. The first-order valence-corrected chi connectivity index (χ1v) is 5.79. The van der Waals surface area contributed by atoms with Crippen LogP contribution in [0, 0.1) is 17.1 Å². The number of aromatic nitrogens is 1. The van der Waals surface area contributed by atoms with E-state index < -0.39 is 11.7 Å². The first-order valence-electron chi connectivity index (χ1n) is 5.79. The molecule has 2 aromatic rings. The lowest BCUT2D eigenvalue weighted by molar-refractivity contribution is 0.102. The molecule has 0 spiro atoms. The second-order valence-electron chi connectivity index (χ2n) is 3.94. The van der Waals surface area contributed by atoms with Crippen molar-refractivity contribution in [2.75, 3.05) is 17.7 Å². The van der Waals surface area contributed by atoms with E-state index in [1.54, 1.807) is 13.1 Å². The summed E-state index contributed by atoms with van der Waals surface area (Å²) in [4.78, 5) is 15.9. The molecule has 0 aliphatic rings. The Morgan fingerprint density at radius 1 is 1.35 bits per heavy atom. The van der Waals surface area contributed by atoms with Gasteiger partial charge < -0.3 is 10.6 Å². The van der Waals surface area contributed by atoms with Crippen LogP contribution in [0.4, 0.5) is 15.8 Å². The molecule has 5 nitrogen and oxygen atoms in total. The largest absolute Gasteiger partial charge is 0.387 e. The van der Waals surface area contributed by atoms with Crippen LogP contribution in [-0.2, 0) is 0 Å². The second kappa shape index (κ2) is 5.80. The highest BCUT2D eigenvalue weighted by atomic mass is 19.1. The van der Waals surface area contributed by atoms with Gasteiger partial charge in [0.05, 0.1) is 29.2 Å². The van der Waals surface area contributed by atoms with Gasteiger partial charge in [0.2, 0.25) is 0 Å². The lowest BCUT2D eigenvalue weighted by atomic mass is 10.2. The van der Waals surface area contributed by atoms with Crippen LogP contribution in [-0.4, -0.2) is 17.9 Å². The summed E-state index contributed by atoms with van der Waals surface area (Å²) in [6.45, 7) is 0. The molecular formula is C14H11FN4O. The molecule has 100 valence electrons. The summed E-state index contributed by atoms with van der Waals surface area (Å²) in [5.41, 5.74) is 1.14. The van der Waals surface area contributed by atoms with Crippen molar-refractivity contribution in [2.45, 2.75) is 0 Å². The smallest absolute Gasteiger partial charge is 0.274 e. The zero-order valence-corrected chi connectivity index (χ0v) is 10.6. The minimum absolute atomic E-state index is 0.00786. The van der Waals surface area contributed by atoms with E-state index in [4.69, 9.17) is 5.26 Å². The van der Waals surface area contributed by atoms with E-state index in [2.05, 4.69) is 15.6 Å². The van der Waals surface area contributed by atoms with Gasteiger partial charge in [-0.15, -0.1) is 0 Å². The summed E-state index contributed by atoms with van der Waals surface area (Å²) >= 11 is 0. The Hall–Kier alpha value is -2.94. The van der Waals surface area contributed by atoms with Crippen molar-refractivity contribution in [2.24, 2.45) is 0 Å². The normalized spacial score (nSPS) is 9.65. The third kappa shape index (κ3) is 2.90. The first-order chi connectivity index (χ1) is 9.63. The highest BCUT2D eigenvalue weighted by Gasteiger charge is 2.11. The van der Waals surface area contributed by atoms with Crippen LogP contribution < -0.4 is 10.6 Å². The van der Waals surface area contributed by atoms with Crippen molar-refractivity contribution >= 4 is 17.3 Å². The number of pyridine rings is 1. The fraction of sp³-hybridized carbons (Fsp3) is 0.0714. The minimum atomic E-state index is -0.663. The van der Waals surface area contributed by atoms with Crippen LogP contribution in [0.25, 0.3) is 0 Å². The summed E-state index contributed by atoms with van der Waals surface area (Å²) in [5, 5.41) is 13.9. The third-order valence-electron chi connectivity index (χ3n) is 2.63. The Bertz CT molecular complexity index is 677. The molecule has 1 heterocycles. The number of carbonyl (C=O) groups excluding carboxylic acids is 1. The van der Waals surface area contributed by atoms with Gasteiger partial charge in [0.15, 0.2) is 0 Å². The lowest BCUT2D eigenvalue weighted by Crippen LogP contribution is -2.14. The molecule has 1 amide bonds. The number of halogens is 1. The minimum Gasteiger partial charge on any atom is -0.387 e. The van der Waals surface area contributed by atoms with Crippen molar-refractivity contribution in [3.05, 3.63) is 53.6 Å². The number of hydrogen-bond acceptors (Lipinski definition) is 4. The van der Waals surface area contributed by atoms with Gasteiger partial charge in [-0.3, -0.25) is 4.79 Å². The van der Waals surface area contributed by atoms with Crippen LogP contribution in [0.2, 0.25) is 0 Å². The number of carbonyl (C=O) groups is 1. The van der Waals surface area contributed by atoms with Crippen molar-refractivity contribution in [3.63, 3.8) is 0 Å². The third-order valence-corrected chi connectivity index (χ3v) is 2.63. The van der Waals surface area contributed by atoms with Gasteiger partial charge in [0, 0.05) is 7.05 Å². The van der Waals surface area contributed by atoms with Crippen LogP contribution in [0.15, 0.2) is 36.5 Å². The van der Waals surface area contributed by atoms with Crippen LogP contribution in [0.5, 0.6) is 0 Å². The SMILES string of the molecule is CNc1ccc(C(=O)Nc2ccc(C#N)cc2F)nc1. The van der Waals surface area contributed by atoms with E-state index in [1.807, 2.05) is 6.07 Å². The van der Waals surface area contributed by atoms with E-state index >= 15 is 0 Å². The number of nitriles is 1. The zero-order valence-electron chi connectivity index (χ0n) is 10.6. The van der Waals surface area contributed by atoms with Crippen molar-refractivity contribution in [3.8, 4) is 6.07 Å². The fourth-order valence-electron chi connectivity index (χ4n) is 1.55. The molecule has 0 saturated carbocycles. The lowest BCUT2D eigenvalue weighted by Gasteiger charge is -2.06. The fourth-order valence-corrected chi connectivity index (χ4v) is 1.55. The van der Waals surface area contributed by atoms with E-state index in [0.29, 0.717) is 0 Å². The molecule has 0 bridgehead atoms. The molecule has 0 atom stereocenters. The molecule has 6 heteroatoms. The van der Waals surface area contributed by atoms with Crippen LogP contribution in [0.3, 0.4) is 0 Å². The Balaban J connectivity index is 2.17. The van der Waals surface area contributed by atoms with E-state index in [9.17, 15) is 9.18 Å². The standard InChI is InChI=1S/C14H11FN4O/c1-17-10-3-5-13(18-8-10)14(20)19-12-4-2-9(7-16)6-11(12)15/h2-6,8,17H,1H3,(H,19,20). The van der Waals surface area contributed by atoms with Gasteiger partial charge in [-0.25, -0.2) is 9.37 Å². The van der Waals surface area contributed by atoms with Gasteiger partial charge in [-0.2, -0.15) is 5.26 Å². The molecule has 0 fully saturated rings. The molecule has 0 aliphatic carbocycles. The number of benzene rings is 1. The molecule has 0 aliphatic heterocycles. The number of rotatable bonds is 3. The number of nitrogens with one attached hydrogen (secondary N) is 2. The number of anilines is 2. The maximum Gasteiger partial charge on any atom is 0.274 e. The monoisotopic (exact) mass is 270 g/mol. The summed E-state index contributed by atoms with van der Waals surface area (Å²) in [7, 11) is 1.74. The molecule has 0 radical (unpaired) electrons. The van der Waals surface area contributed by atoms with Gasteiger partial charge >= 0.3 is 0 Å². The molecule has 1 aromatic heterocycles. The van der Waals surface area contributed by atoms with Gasteiger partial charge in [-0.1, -0.05) is 0 Å². The highest BCUT2D eigenvalue weighted by Crippen LogP contribution is 2.16. The number of hydrogen-bond donors (Lipinski definition) is 2. The zero-order chi connectivity index (χ0) is 14.5. The molecule has 20 heavy (non-hydrogen) atoms. The first kappa shape index (κ1) is 13.5. The Morgan fingerprint density at radius 2 is 2.15 bits per heavy atom. The average Bonchev–Trinajstić information content (AvgIpc) is 2.49. The molecule has 2 rings (SSSR count). The average molecular weight is 270 g/mol. The summed E-state index contributed by atoms with van der Waals surface area (Å²) < 4.78 is 13.6. The molecule has 0 unspecified atom stereocenters. The van der Waals surface area contributed by atoms with Gasteiger partial charge in [0.25, 0.3) is 5.91 Å². The Labute approximate surface area is 115 Å². The molecular weight excluding hydrogens is 259 g/mol. The van der Waals surface area contributed by atoms with E-state index in [-0.39, 0.29) is 16.9 Å². The summed E-state index contributed by atoms with van der Waals surface area (Å²) in [5.74, 6) is -1.18. The van der Waals surface area contributed by atoms with E-state index in [0.717, 1.165) is 11.8 Å². The summed E-state index contributed by atoms with van der Waals surface area (Å²) in [6.07, 6.45) is 1.50. The highest BCUT2D eigenvalue weighted by molar-refractivity contribution is 6.03. The molecule has 1 aromatic carbocycles.